The molecule has 0 aliphatic heterocycles. The fourth-order valence-corrected chi connectivity index (χ4v) is 1.51. The van der Waals surface area contributed by atoms with E-state index in [1.54, 1.807) is 7.11 Å². The highest BCUT2D eigenvalue weighted by Gasteiger charge is 2.29. The van der Waals surface area contributed by atoms with Crippen LogP contribution < -0.4 is 5.32 Å². The fourth-order valence-electron chi connectivity index (χ4n) is 1.51. The second-order valence-corrected chi connectivity index (χ2v) is 3.28. The molecule has 1 unspecified atom stereocenters. The molecule has 0 heterocycles. The summed E-state index contributed by atoms with van der Waals surface area (Å²) in [5.74, 6) is 0.949. The smallest absolute Gasteiger partial charge is 0.0477 e. The SMILES string of the molecule is CCNC(CCOC)C1CC1. The summed E-state index contributed by atoms with van der Waals surface area (Å²) in [6.07, 6.45) is 4.01. The van der Waals surface area contributed by atoms with Crippen molar-refractivity contribution < 1.29 is 4.74 Å². The van der Waals surface area contributed by atoms with Crippen molar-refractivity contribution in [1.82, 2.24) is 5.32 Å². The molecular weight excluding hydrogens is 138 g/mol. The summed E-state index contributed by atoms with van der Waals surface area (Å²) < 4.78 is 5.06. The maximum Gasteiger partial charge on any atom is 0.0477 e. The van der Waals surface area contributed by atoms with Gasteiger partial charge in [-0.25, -0.2) is 0 Å². The minimum atomic E-state index is 0.722. The first-order chi connectivity index (χ1) is 5.38. The van der Waals surface area contributed by atoms with Crippen LogP contribution in [0.2, 0.25) is 0 Å². The van der Waals surface area contributed by atoms with Crippen molar-refractivity contribution in [3.63, 3.8) is 0 Å². The van der Waals surface area contributed by atoms with Crippen molar-refractivity contribution in [3.05, 3.63) is 0 Å². The average molecular weight is 157 g/mol. The van der Waals surface area contributed by atoms with Crippen LogP contribution in [0.1, 0.15) is 26.2 Å². The van der Waals surface area contributed by atoms with Crippen LogP contribution in [0.25, 0.3) is 0 Å². The summed E-state index contributed by atoms with van der Waals surface area (Å²) in [5, 5.41) is 3.50. The van der Waals surface area contributed by atoms with E-state index in [-0.39, 0.29) is 0 Å². The van der Waals surface area contributed by atoms with Crippen LogP contribution in [0.4, 0.5) is 0 Å². The number of hydrogen-bond donors (Lipinski definition) is 1. The predicted octanol–water partition coefficient (Wildman–Crippen LogP) is 1.41. The molecule has 0 saturated heterocycles. The Hall–Kier alpha value is -0.0800. The first-order valence-corrected chi connectivity index (χ1v) is 4.60. The van der Waals surface area contributed by atoms with Gasteiger partial charge in [-0.05, 0) is 31.7 Å². The highest BCUT2D eigenvalue weighted by Crippen LogP contribution is 2.33. The van der Waals surface area contributed by atoms with Crippen molar-refractivity contribution in [2.24, 2.45) is 5.92 Å². The van der Waals surface area contributed by atoms with Crippen LogP contribution in [0.3, 0.4) is 0 Å². The van der Waals surface area contributed by atoms with Crippen molar-refractivity contribution in [3.8, 4) is 0 Å². The molecule has 0 aromatic rings. The Bertz CT molecular complexity index is 102. The fraction of sp³-hybridized carbons (Fsp3) is 1.00. The van der Waals surface area contributed by atoms with Gasteiger partial charge < -0.3 is 10.1 Å². The molecule has 1 saturated carbocycles. The lowest BCUT2D eigenvalue weighted by atomic mass is 10.1. The summed E-state index contributed by atoms with van der Waals surface area (Å²) in [5.41, 5.74) is 0. The van der Waals surface area contributed by atoms with Gasteiger partial charge in [0.25, 0.3) is 0 Å². The first kappa shape index (κ1) is 9.01. The Labute approximate surface area is 69.3 Å². The Morgan fingerprint density at radius 2 is 2.27 bits per heavy atom. The quantitative estimate of drug-likeness (QED) is 0.629. The molecule has 1 aliphatic carbocycles. The normalized spacial score (nSPS) is 20.2. The van der Waals surface area contributed by atoms with Crippen LogP contribution in [-0.2, 0) is 4.74 Å². The van der Waals surface area contributed by atoms with Crippen LogP contribution in [0.5, 0.6) is 0 Å². The van der Waals surface area contributed by atoms with Crippen molar-refractivity contribution in [2.45, 2.75) is 32.2 Å². The first-order valence-electron chi connectivity index (χ1n) is 4.60. The van der Waals surface area contributed by atoms with E-state index in [0.29, 0.717) is 0 Å². The van der Waals surface area contributed by atoms with Crippen LogP contribution in [0, 0.1) is 5.92 Å². The molecule has 1 N–H and O–H groups in total. The van der Waals surface area contributed by atoms with E-state index in [0.717, 1.165) is 25.1 Å². The third kappa shape index (κ3) is 3.21. The van der Waals surface area contributed by atoms with E-state index in [9.17, 15) is 0 Å². The molecule has 66 valence electrons. The van der Waals surface area contributed by atoms with Gasteiger partial charge in [0.15, 0.2) is 0 Å². The Morgan fingerprint density at radius 1 is 1.55 bits per heavy atom. The summed E-state index contributed by atoms with van der Waals surface area (Å²) in [4.78, 5) is 0. The number of ether oxygens (including phenoxy) is 1. The van der Waals surface area contributed by atoms with Gasteiger partial charge in [-0.3, -0.25) is 0 Å². The third-order valence-corrected chi connectivity index (χ3v) is 2.29. The molecule has 0 aromatic carbocycles. The van der Waals surface area contributed by atoms with Crippen LogP contribution >= 0.6 is 0 Å². The van der Waals surface area contributed by atoms with Crippen molar-refractivity contribution >= 4 is 0 Å². The maximum atomic E-state index is 5.06. The maximum absolute atomic E-state index is 5.06. The monoisotopic (exact) mass is 157 g/mol. The molecule has 11 heavy (non-hydrogen) atoms. The van der Waals surface area contributed by atoms with Crippen LogP contribution in [0.15, 0.2) is 0 Å². The summed E-state index contributed by atoms with van der Waals surface area (Å²) >= 11 is 0. The minimum absolute atomic E-state index is 0.722. The second-order valence-electron chi connectivity index (χ2n) is 3.28. The highest BCUT2D eigenvalue weighted by atomic mass is 16.5. The zero-order chi connectivity index (χ0) is 8.10. The van der Waals surface area contributed by atoms with E-state index in [1.165, 1.54) is 19.3 Å². The van der Waals surface area contributed by atoms with Crippen molar-refractivity contribution in [2.75, 3.05) is 20.3 Å². The lowest BCUT2D eigenvalue weighted by Crippen LogP contribution is -2.31. The summed E-state index contributed by atoms with van der Waals surface area (Å²) in [7, 11) is 1.77. The molecule has 1 aliphatic rings. The lowest BCUT2D eigenvalue weighted by molar-refractivity contribution is 0.179. The van der Waals surface area contributed by atoms with Gasteiger partial charge in [0.2, 0.25) is 0 Å². The molecule has 1 fully saturated rings. The standard InChI is InChI=1S/C9H19NO/c1-3-10-9(6-7-11-2)8-4-5-8/h8-10H,3-7H2,1-2H3. The lowest BCUT2D eigenvalue weighted by Gasteiger charge is -2.15. The molecule has 1 atom stereocenters. The molecular formula is C9H19NO. The number of hydrogen-bond acceptors (Lipinski definition) is 2. The Kier molecular flexibility index (Phi) is 3.87. The van der Waals surface area contributed by atoms with E-state index < -0.39 is 0 Å². The Balaban J connectivity index is 2.10. The molecule has 1 rings (SSSR count). The third-order valence-electron chi connectivity index (χ3n) is 2.29. The summed E-state index contributed by atoms with van der Waals surface area (Å²) in [6, 6.07) is 0.722. The second kappa shape index (κ2) is 4.73. The largest absolute Gasteiger partial charge is 0.385 e. The molecule has 0 spiro atoms. The van der Waals surface area contributed by atoms with Gasteiger partial charge in [0.05, 0.1) is 0 Å². The summed E-state index contributed by atoms with van der Waals surface area (Å²) in [6.45, 7) is 4.15. The molecule has 0 bridgehead atoms. The van der Waals surface area contributed by atoms with Gasteiger partial charge in [-0.15, -0.1) is 0 Å². The van der Waals surface area contributed by atoms with E-state index in [2.05, 4.69) is 12.2 Å². The van der Waals surface area contributed by atoms with Gasteiger partial charge >= 0.3 is 0 Å². The highest BCUT2D eigenvalue weighted by molar-refractivity contribution is 4.85. The average Bonchev–Trinajstić information content (AvgIpc) is 2.80. The van der Waals surface area contributed by atoms with E-state index >= 15 is 0 Å². The molecule has 0 aromatic heterocycles. The topological polar surface area (TPSA) is 21.3 Å². The van der Waals surface area contributed by atoms with Crippen molar-refractivity contribution in [1.29, 1.82) is 0 Å². The Morgan fingerprint density at radius 3 is 2.73 bits per heavy atom. The van der Waals surface area contributed by atoms with Gasteiger partial charge in [0.1, 0.15) is 0 Å². The molecule has 2 nitrogen and oxygen atoms in total. The molecule has 0 amide bonds. The van der Waals surface area contributed by atoms with Gasteiger partial charge in [-0.1, -0.05) is 6.92 Å². The van der Waals surface area contributed by atoms with E-state index in [1.807, 2.05) is 0 Å². The predicted molar refractivity (Wildman–Crippen MR) is 46.7 cm³/mol. The zero-order valence-corrected chi connectivity index (χ0v) is 7.60. The molecule has 0 radical (unpaired) electrons. The van der Waals surface area contributed by atoms with Gasteiger partial charge in [0, 0.05) is 19.8 Å². The molecule has 2 heteroatoms. The number of rotatable bonds is 6. The van der Waals surface area contributed by atoms with Crippen LogP contribution in [-0.4, -0.2) is 26.3 Å². The zero-order valence-electron chi connectivity index (χ0n) is 7.60. The van der Waals surface area contributed by atoms with Gasteiger partial charge in [-0.2, -0.15) is 0 Å². The van der Waals surface area contributed by atoms with E-state index in [4.69, 9.17) is 4.74 Å². The number of methoxy groups -OCH3 is 1. The number of nitrogens with one attached hydrogen (secondary N) is 1. The minimum Gasteiger partial charge on any atom is -0.385 e.